The van der Waals surface area contributed by atoms with Gasteiger partial charge in [0, 0.05) is 13.1 Å². The van der Waals surface area contributed by atoms with E-state index in [-0.39, 0.29) is 12.2 Å². The van der Waals surface area contributed by atoms with Gasteiger partial charge < -0.3 is 20.1 Å². The lowest BCUT2D eigenvalue weighted by Gasteiger charge is -2.36. The molecule has 6 heteroatoms. The zero-order valence-corrected chi connectivity index (χ0v) is 11.4. The molecule has 0 aliphatic carbocycles. The Morgan fingerprint density at radius 3 is 2.68 bits per heavy atom. The number of carbonyl (C=O) groups is 1. The third-order valence-corrected chi connectivity index (χ3v) is 3.07. The highest BCUT2D eigenvalue weighted by atomic mass is 16.5. The molecule has 1 aromatic rings. The zero-order valence-electron chi connectivity index (χ0n) is 11.4. The van der Waals surface area contributed by atoms with Crippen LogP contribution in [0.4, 0.5) is 11.5 Å². The molecule has 2 rings (SSSR count). The molecular weight excluding hydrogens is 246 g/mol. The molecule has 6 nitrogen and oxygen atoms in total. The number of ether oxygens (including phenoxy) is 2. The number of rotatable bonds is 2. The second kappa shape index (κ2) is 5.44. The SMILES string of the molecule is COC(=O)c1cc(N2CC(C)OC(C)C2)ncc1N. The van der Waals surface area contributed by atoms with Gasteiger partial charge in [-0.1, -0.05) is 0 Å². The Labute approximate surface area is 112 Å². The second-order valence-corrected chi connectivity index (χ2v) is 4.78. The van der Waals surface area contributed by atoms with E-state index in [2.05, 4.69) is 9.88 Å². The third-order valence-electron chi connectivity index (χ3n) is 3.07. The van der Waals surface area contributed by atoms with Gasteiger partial charge in [0.1, 0.15) is 5.82 Å². The summed E-state index contributed by atoms with van der Waals surface area (Å²) in [6, 6.07) is 1.67. The number of nitrogens with two attached hydrogens (primary N) is 1. The molecule has 1 saturated heterocycles. The van der Waals surface area contributed by atoms with Crippen LogP contribution in [0, 0.1) is 0 Å². The van der Waals surface area contributed by atoms with Crippen LogP contribution in [0.15, 0.2) is 12.3 Å². The summed E-state index contributed by atoms with van der Waals surface area (Å²) in [5.41, 5.74) is 6.41. The second-order valence-electron chi connectivity index (χ2n) is 4.78. The van der Waals surface area contributed by atoms with Crippen LogP contribution in [0.1, 0.15) is 24.2 Å². The van der Waals surface area contributed by atoms with Crippen LogP contribution in [0.5, 0.6) is 0 Å². The number of carbonyl (C=O) groups excluding carboxylic acids is 1. The van der Waals surface area contributed by atoms with Gasteiger partial charge in [-0.15, -0.1) is 0 Å². The maximum absolute atomic E-state index is 11.6. The van der Waals surface area contributed by atoms with Crippen LogP contribution in [-0.2, 0) is 9.47 Å². The van der Waals surface area contributed by atoms with Gasteiger partial charge in [-0.2, -0.15) is 0 Å². The predicted molar refractivity (Wildman–Crippen MR) is 72.2 cm³/mol. The number of hydrogen-bond acceptors (Lipinski definition) is 6. The molecule has 0 amide bonds. The van der Waals surface area contributed by atoms with Crippen molar-refractivity contribution in [2.24, 2.45) is 0 Å². The molecule has 1 aliphatic rings. The van der Waals surface area contributed by atoms with Crippen molar-refractivity contribution in [3.63, 3.8) is 0 Å². The topological polar surface area (TPSA) is 77.7 Å². The lowest BCUT2D eigenvalue weighted by atomic mass is 10.2. The van der Waals surface area contributed by atoms with Gasteiger partial charge >= 0.3 is 5.97 Å². The number of nitrogens with zero attached hydrogens (tertiary/aromatic N) is 2. The molecule has 1 aliphatic heterocycles. The molecule has 2 heterocycles. The predicted octanol–water partition coefficient (Wildman–Crippen LogP) is 1.06. The highest BCUT2D eigenvalue weighted by Crippen LogP contribution is 2.22. The van der Waals surface area contributed by atoms with E-state index in [1.54, 1.807) is 6.07 Å². The molecule has 0 bridgehead atoms. The molecule has 104 valence electrons. The van der Waals surface area contributed by atoms with Gasteiger partial charge in [-0.05, 0) is 19.9 Å². The molecule has 2 unspecified atom stereocenters. The summed E-state index contributed by atoms with van der Waals surface area (Å²) in [5.74, 6) is 0.270. The van der Waals surface area contributed by atoms with Gasteiger partial charge in [-0.3, -0.25) is 0 Å². The summed E-state index contributed by atoms with van der Waals surface area (Å²) in [6.45, 7) is 5.51. The van der Waals surface area contributed by atoms with Crippen LogP contribution in [0.25, 0.3) is 0 Å². The summed E-state index contributed by atoms with van der Waals surface area (Å²) in [6.07, 6.45) is 1.75. The fraction of sp³-hybridized carbons (Fsp3) is 0.538. The van der Waals surface area contributed by atoms with Crippen molar-refractivity contribution in [3.8, 4) is 0 Å². The van der Waals surface area contributed by atoms with Crippen molar-refractivity contribution in [2.75, 3.05) is 30.8 Å². The number of nitrogen functional groups attached to an aromatic ring is 1. The van der Waals surface area contributed by atoms with E-state index in [1.807, 2.05) is 13.8 Å². The van der Waals surface area contributed by atoms with Crippen molar-refractivity contribution in [3.05, 3.63) is 17.8 Å². The minimum absolute atomic E-state index is 0.129. The lowest BCUT2D eigenvalue weighted by molar-refractivity contribution is -0.00545. The summed E-state index contributed by atoms with van der Waals surface area (Å²) in [4.78, 5) is 18.0. The minimum Gasteiger partial charge on any atom is -0.465 e. The van der Waals surface area contributed by atoms with Crippen molar-refractivity contribution in [2.45, 2.75) is 26.1 Å². The van der Waals surface area contributed by atoms with E-state index in [0.717, 1.165) is 18.9 Å². The van der Waals surface area contributed by atoms with Crippen LogP contribution >= 0.6 is 0 Å². The normalized spacial score (nSPS) is 23.2. The van der Waals surface area contributed by atoms with E-state index in [0.29, 0.717) is 11.3 Å². The van der Waals surface area contributed by atoms with E-state index in [1.165, 1.54) is 13.3 Å². The molecule has 1 fully saturated rings. The summed E-state index contributed by atoms with van der Waals surface area (Å²) in [5, 5.41) is 0. The smallest absolute Gasteiger partial charge is 0.340 e. The molecule has 0 saturated carbocycles. The van der Waals surface area contributed by atoms with Crippen LogP contribution in [0.2, 0.25) is 0 Å². The Balaban J connectivity index is 2.27. The first kappa shape index (κ1) is 13.6. The van der Waals surface area contributed by atoms with Crippen molar-refractivity contribution < 1.29 is 14.3 Å². The summed E-state index contributed by atoms with van der Waals surface area (Å²) < 4.78 is 10.4. The number of methoxy groups -OCH3 is 1. The van der Waals surface area contributed by atoms with E-state index >= 15 is 0 Å². The molecule has 2 atom stereocenters. The maximum atomic E-state index is 11.6. The average molecular weight is 265 g/mol. The van der Waals surface area contributed by atoms with Gasteiger partial charge in [0.2, 0.25) is 0 Å². The first-order valence-corrected chi connectivity index (χ1v) is 6.25. The number of pyridine rings is 1. The fourth-order valence-corrected chi connectivity index (χ4v) is 2.28. The van der Waals surface area contributed by atoms with E-state index in [4.69, 9.17) is 15.2 Å². The minimum atomic E-state index is -0.449. The summed E-state index contributed by atoms with van der Waals surface area (Å²) in [7, 11) is 1.33. The van der Waals surface area contributed by atoms with Gasteiger partial charge in [-0.25, -0.2) is 9.78 Å². The number of hydrogen-bond donors (Lipinski definition) is 1. The van der Waals surface area contributed by atoms with Crippen molar-refractivity contribution in [1.29, 1.82) is 0 Å². The van der Waals surface area contributed by atoms with Crippen LogP contribution in [0.3, 0.4) is 0 Å². The third kappa shape index (κ3) is 2.96. The van der Waals surface area contributed by atoms with Gasteiger partial charge in [0.05, 0.1) is 36.8 Å². The standard InChI is InChI=1S/C13H19N3O3/c1-8-6-16(7-9(2)19-8)12-4-10(13(17)18-3)11(14)5-15-12/h4-5,8-9H,6-7,14H2,1-3H3. The van der Waals surface area contributed by atoms with Crippen molar-refractivity contribution >= 4 is 17.5 Å². The Bertz CT molecular complexity index is 468. The Hall–Kier alpha value is -1.82. The van der Waals surface area contributed by atoms with E-state index in [9.17, 15) is 4.79 Å². The zero-order chi connectivity index (χ0) is 14.0. The molecule has 0 radical (unpaired) electrons. The largest absolute Gasteiger partial charge is 0.465 e. The number of esters is 1. The fourth-order valence-electron chi connectivity index (χ4n) is 2.28. The first-order chi connectivity index (χ1) is 9.01. The quantitative estimate of drug-likeness (QED) is 0.806. The molecular formula is C13H19N3O3. The molecule has 19 heavy (non-hydrogen) atoms. The monoisotopic (exact) mass is 265 g/mol. The van der Waals surface area contributed by atoms with Gasteiger partial charge in [0.25, 0.3) is 0 Å². The number of aromatic nitrogens is 1. The molecule has 1 aromatic heterocycles. The Morgan fingerprint density at radius 1 is 1.47 bits per heavy atom. The summed E-state index contributed by atoms with van der Waals surface area (Å²) >= 11 is 0. The number of anilines is 2. The molecule has 0 aromatic carbocycles. The van der Waals surface area contributed by atoms with Crippen LogP contribution in [-0.4, -0.2) is 43.4 Å². The Kier molecular flexibility index (Phi) is 3.90. The maximum Gasteiger partial charge on any atom is 0.340 e. The molecule has 2 N–H and O–H groups in total. The molecule has 0 spiro atoms. The average Bonchev–Trinajstić information content (AvgIpc) is 2.37. The Morgan fingerprint density at radius 2 is 2.11 bits per heavy atom. The highest BCUT2D eigenvalue weighted by molar-refractivity contribution is 5.95. The van der Waals surface area contributed by atoms with E-state index < -0.39 is 5.97 Å². The first-order valence-electron chi connectivity index (χ1n) is 6.25. The number of morpholine rings is 1. The van der Waals surface area contributed by atoms with Crippen LogP contribution < -0.4 is 10.6 Å². The lowest BCUT2D eigenvalue weighted by Crippen LogP contribution is -2.45. The van der Waals surface area contributed by atoms with Crippen molar-refractivity contribution in [1.82, 2.24) is 4.98 Å². The van der Waals surface area contributed by atoms with Gasteiger partial charge in [0.15, 0.2) is 0 Å². The highest BCUT2D eigenvalue weighted by Gasteiger charge is 2.24.